The smallest absolute Gasteiger partial charge is 0.153 e. The van der Waals surface area contributed by atoms with Gasteiger partial charge < -0.3 is 0 Å². The Bertz CT molecular complexity index is 124. The summed E-state index contributed by atoms with van der Waals surface area (Å²) < 4.78 is 0. The molecule has 0 aromatic carbocycles. The standard InChI is InChI=1S/C5H10N2O2/c1-4(5(2)8)7(3)6-9/h4H,1-3H3. The molecule has 52 valence electrons. The van der Waals surface area contributed by atoms with Crippen molar-refractivity contribution in [3.05, 3.63) is 4.91 Å². The maximum absolute atomic E-state index is 10.5. The van der Waals surface area contributed by atoms with E-state index in [1.807, 2.05) is 0 Å². The maximum atomic E-state index is 10.5. The van der Waals surface area contributed by atoms with Crippen LogP contribution in [0.1, 0.15) is 13.8 Å². The highest BCUT2D eigenvalue weighted by Crippen LogP contribution is 1.95. The van der Waals surface area contributed by atoms with Crippen LogP contribution < -0.4 is 0 Å². The second kappa shape index (κ2) is 3.17. The van der Waals surface area contributed by atoms with Gasteiger partial charge in [-0.2, -0.15) is 0 Å². The Hall–Kier alpha value is -0.930. The van der Waals surface area contributed by atoms with Gasteiger partial charge in [0.15, 0.2) is 5.78 Å². The summed E-state index contributed by atoms with van der Waals surface area (Å²) in [6.07, 6.45) is 0. The van der Waals surface area contributed by atoms with E-state index in [1.165, 1.54) is 14.0 Å². The molecule has 0 saturated heterocycles. The number of carbonyl (C=O) groups is 1. The molecule has 0 amide bonds. The number of rotatable bonds is 3. The summed E-state index contributed by atoms with van der Waals surface area (Å²) in [4.78, 5) is 20.3. The molecule has 0 aromatic rings. The number of hydrogen-bond acceptors (Lipinski definition) is 3. The molecule has 0 aliphatic carbocycles. The van der Waals surface area contributed by atoms with Gasteiger partial charge in [-0.3, -0.25) is 9.80 Å². The molecule has 0 aromatic heterocycles. The number of nitroso groups, excluding NO2 is 1. The topological polar surface area (TPSA) is 49.7 Å². The van der Waals surface area contributed by atoms with Crippen LogP contribution in [-0.4, -0.2) is 23.9 Å². The molecule has 0 rings (SSSR count). The fraction of sp³-hybridized carbons (Fsp3) is 0.800. The third kappa shape index (κ3) is 2.21. The third-order valence-electron chi connectivity index (χ3n) is 1.28. The van der Waals surface area contributed by atoms with Crippen molar-refractivity contribution in [2.24, 2.45) is 5.29 Å². The summed E-state index contributed by atoms with van der Waals surface area (Å²) in [5.74, 6) is -0.0582. The van der Waals surface area contributed by atoms with Gasteiger partial charge in [0, 0.05) is 7.05 Å². The molecule has 0 heterocycles. The van der Waals surface area contributed by atoms with E-state index in [-0.39, 0.29) is 5.78 Å². The van der Waals surface area contributed by atoms with E-state index < -0.39 is 6.04 Å². The Morgan fingerprint density at radius 1 is 1.67 bits per heavy atom. The van der Waals surface area contributed by atoms with Crippen molar-refractivity contribution in [2.75, 3.05) is 7.05 Å². The third-order valence-corrected chi connectivity index (χ3v) is 1.28. The highest BCUT2D eigenvalue weighted by Gasteiger charge is 2.11. The molecule has 0 saturated carbocycles. The minimum Gasteiger partial charge on any atom is -0.298 e. The second-order valence-electron chi connectivity index (χ2n) is 1.94. The van der Waals surface area contributed by atoms with Crippen molar-refractivity contribution >= 4 is 5.78 Å². The number of carbonyl (C=O) groups excluding carboxylic acids is 1. The monoisotopic (exact) mass is 130 g/mol. The van der Waals surface area contributed by atoms with Crippen molar-refractivity contribution in [2.45, 2.75) is 19.9 Å². The Labute approximate surface area is 53.8 Å². The predicted octanol–water partition coefficient (Wildman–Crippen LogP) is 0.577. The largest absolute Gasteiger partial charge is 0.298 e. The van der Waals surface area contributed by atoms with Crippen molar-refractivity contribution < 1.29 is 4.79 Å². The van der Waals surface area contributed by atoms with Crippen LogP contribution in [-0.2, 0) is 4.79 Å². The lowest BCUT2D eigenvalue weighted by Crippen LogP contribution is -2.29. The van der Waals surface area contributed by atoms with Gasteiger partial charge in [0.2, 0.25) is 0 Å². The molecule has 0 spiro atoms. The van der Waals surface area contributed by atoms with Crippen LogP contribution in [0.5, 0.6) is 0 Å². The van der Waals surface area contributed by atoms with E-state index in [4.69, 9.17) is 0 Å². The number of ketones is 1. The van der Waals surface area contributed by atoms with Crippen LogP contribution in [0.15, 0.2) is 5.29 Å². The van der Waals surface area contributed by atoms with Gasteiger partial charge in [0.25, 0.3) is 0 Å². The first-order chi connectivity index (χ1) is 4.09. The zero-order chi connectivity index (χ0) is 7.44. The maximum Gasteiger partial charge on any atom is 0.153 e. The number of nitrogens with zero attached hydrogens (tertiary/aromatic N) is 2. The molecule has 0 fully saturated rings. The lowest BCUT2D eigenvalue weighted by Gasteiger charge is -2.13. The van der Waals surface area contributed by atoms with Crippen molar-refractivity contribution in [3.63, 3.8) is 0 Å². The van der Waals surface area contributed by atoms with Gasteiger partial charge in [-0.15, -0.1) is 4.91 Å². The second-order valence-corrected chi connectivity index (χ2v) is 1.94. The highest BCUT2D eigenvalue weighted by molar-refractivity contribution is 5.80. The average molecular weight is 130 g/mol. The minimum atomic E-state index is -0.400. The van der Waals surface area contributed by atoms with Crippen molar-refractivity contribution in [3.8, 4) is 0 Å². The fourth-order valence-corrected chi connectivity index (χ4v) is 0.334. The van der Waals surface area contributed by atoms with E-state index in [2.05, 4.69) is 5.29 Å². The van der Waals surface area contributed by atoms with Gasteiger partial charge in [0.05, 0.1) is 5.29 Å². The molecule has 4 heteroatoms. The van der Waals surface area contributed by atoms with Crippen LogP contribution in [0.2, 0.25) is 0 Å². The summed E-state index contributed by atoms with van der Waals surface area (Å²) >= 11 is 0. The highest BCUT2D eigenvalue weighted by atomic mass is 16.3. The van der Waals surface area contributed by atoms with Gasteiger partial charge in [0.1, 0.15) is 6.04 Å². The van der Waals surface area contributed by atoms with Crippen LogP contribution in [0.3, 0.4) is 0 Å². The first kappa shape index (κ1) is 8.07. The molecule has 0 bridgehead atoms. The van der Waals surface area contributed by atoms with Crippen LogP contribution in [0.25, 0.3) is 0 Å². The molecule has 4 nitrogen and oxygen atoms in total. The number of likely N-dealkylation sites (N-methyl/N-ethyl adjacent to an activating group) is 1. The quantitative estimate of drug-likeness (QED) is 0.414. The van der Waals surface area contributed by atoms with Gasteiger partial charge >= 0.3 is 0 Å². The van der Waals surface area contributed by atoms with E-state index >= 15 is 0 Å². The van der Waals surface area contributed by atoms with Gasteiger partial charge in [-0.05, 0) is 13.8 Å². The molecular formula is C5H10N2O2. The zero-order valence-corrected chi connectivity index (χ0v) is 5.79. The average Bonchev–Trinajstić information content (AvgIpc) is 1.84. The lowest BCUT2D eigenvalue weighted by atomic mass is 10.2. The fourth-order valence-electron chi connectivity index (χ4n) is 0.334. The molecular weight excluding hydrogens is 120 g/mol. The molecule has 1 atom stereocenters. The van der Waals surface area contributed by atoms with E-state index in [0.29, 0.717) is 0 Å². The van der Waals surface area contributed by atoms with E-state index in [1.54, 1.807) is 6.92 Å². The first-order valence-electron chi connectivity index (χ1n) is 2.66. The summed E-state index contributed by atoms with van der Waals surface area (Å²) in [5.41, 5.74) is 0. The predicted molar refractivity (Wildman–Crippen MR) is 33.7 cm³/mol. The molecule has 0 aliphatic rings. The van der Waals surface area contributed by atoms with Crippen molar-refractivity contribution in [1.29, 1.82) is 0 Å². The number of hydrogen-bond donors (Lipinski definition) is 0. The Morgan fingerprint density at radius 3 is 2.22 bits per heavy atom. The number of Topliss-reactive ketones (excluding diaryl/α,β-unsaturated/α-hetero) is 1. The molecule has 0 aliphatic heterocycles. The van der Waals surface area contributed by atoms with Crippen LogP contribution in [0.4, 0.5) is 0 Å². The van der Waals surface area contributed by atoms with E-state index in [9.17, 15) is 9.70 Å². The van der Waals surface area contributed by atoms with Crippen LogP contribution >= 0.6 is 0 Å². The minimum absolute atomic E-state index is 0.0582. The zero-order valence-electron chi connectivity index (χ0n) is 5.79. The molecule has 9 heavy (non-hydrogen) atoms. The summed E-state index contributed by atoms with van der Waals surface area (Å²) in [7, 11) is 1.47. The Kier molecular flexibility index (Phi) is 2.84. The van der Waals surface area contributed by atoms with Gasteiger partial charge in [-0.1, -0.05) is 0 Å². The first-order valence-corrected chi connectivity index (χ1v) is 2.66. The molecule has 0 radical (unpaired) electrons. The Morgan fingerprint density at radius 2 is 2.11 bits per heavy atom. The normalized spacial score (nSPS) is 12.3. The van der Waals surface area contributed by atoms with E-state index in [0.717, 1.165) is 5.01 Å². The summed E-state index contributed by atoms with van der Waals surface area (Å²) in [5, 5.41) is 3.66. The van der Waals surface area contributed by atoms with Crippen LogP contribution in [0, 0.1) is 4.91 Å². The summed E-state index contributed by atoms with van der Waals surface area (Å²) in [6.45, 7) is 3.05. The van der Waals surface area contributed by atoms with Gasteiger partial charge in [-0.25, -0.2) is 0 Å². The molecule has 0 N–H and O–H groups in total. The SMILES string of the molecule is CC(=O)C(C)N(C)N=O. The van der Waals surface area contributed by atoms with Crippen molar-refractivity contribution in [1.82, 2.24) is 5.01 Å². The lowest BCUT2D eigenvalue weighted by molar-refractivity contribution is -0.121. The summed E-state index contributed by atoms with van der Waals surface area (Å²) in [6, 6.07) is -0.400. The Balaban J connectivity index is 3.86. The molecule has 1 unspecified atom stereocenters.